The predicted molar refractivity (Wildman–Crippen MR) is 60.8 cm³/mol. The van der Waals surface area contributed by atoms with E-state index in [4.69, 9.17) is 0 Å². The maximum Gasteiger partial charge on any atom is 0.187 e. The number of pyridine rings is 1. The summed E-state index contributed by atoms with van der Waals surface area (Å²) in [5.41, 5.74) is 1.73. The molecule has 0 radical (unpaired) electrons. The van der Waals surface area contributed by atoms with Crippen LogP contribution < -0.4 is 0 Å². The lowest BCUT2D eigenvalue weighted by atomic mass is 10.0. The molecular formula is C12H16N2O. The molecule has 0 N–H and O–H groups in total. The van der Waals surface area contributed by atoms with Crippen molar-refractivity contribution in [2.24, 2.45) is 0 Å². The van der Waals surface area contributed by atoms with Crippen LogP contribution in [0.4, 0.5) is 0 Å². The first-order valence-electron chi connectivity index (χ1n) is 4.97. The molecule has 0 fully saturated rings. The normalized spacial score (nSPS) is 10.6. The minimum absolute atomic E-state index is 0.0305. The van der Waals surface area contributed by atoms with Crippen molar-refractivity contribution in [1.82, 2.24) is 9.88 Å². The molecule has 1 rings (SSSR count). The third kappa shape index (κ3) is 3.20. The lowest BCUT2D eigenvalue weighted by molar-refractivity contribution is 0.104. The number of ketones is 1. The average Bonchev–Trinajstić information content (AvgIpc) is 2.25. The van der Waals surface area contributed by atoms with Crippen LogP contribution in [-0.4, -0.2) is 29.8 Å². The smallest absolute Gasteiger partial charge is 0.187 e. The summed E-state index contributed by atoms with van der Waals surface area (Å²) in [4.78, 5) is 17.6. The molecule has 0 amide bonds. The quantitative estimate of drug-likeness (QED) is 0.555. The van der Waals surface area contributed by atoms with E-state index in [0.717, 1.165) is 17.5 Å². The minimum Gasteiger partial charge on any atom is -0.383 e. The van der Waals surface area contributed by atoms with Crippen molar-refractivity contribution in [2.75, 3.05) is 14.1 Å². The summed E-state index contributed by atoms with van der Waals surface area (Å²) in [6.45, 7) is 2.02. The van der Waals surface area contributed by atoms with Gasteiger partial charge < -0.3 is 4.90 Å². The number of hydrogen-bond donors (Lipinski definition) is 0. The molecule has 80 valence electrons. The molecule has 0 aliphatic heterocycles. The van der Waals surface area contributed by atoms with Gasteiger partial charge in [-0.05, 0) is 18.1 Å². The maximum atomic E-state index is 11.8. The molecular weight excluding hydrogens is 188 g/mol. The zero-order chi connectivity index (χ0) is 11.3. The molecule has 1 heterocycles. The molecule has 0 unspecified atom stereocenters. The fraction of sp³-hybridized carbons (Fsp3) is 0.333. The summed E-state index contributed by atoms with van der Waals surface area (Å²) in [7, 11) is 3.77. The van der Waals surface area contributed by atoms with Gasteiger partial charge in [-0.25, -0.2) is 0 Å². The molecule has 0 spiro atoms. The number of nitrogens with zero attached hydrogens (tertiary/aromatic N) is 2. The Kier molecular flexibility index (Phi) is 4.03. The fourth-order valence-electron chi connectivity index (χ4n) is 1.26. The minimum atomic E-state index is 0.0305. The van der Waals surface area contributed by atoms with Crippen LogP contribution in [0.2, 0.25) is 0 Å². The Bertz CT molecular complexity index is 370. The zero-order valence-corrected chi connectivity index (χ0v) is 9.40. The number of aromatic nitrogens is 1. The number of aryl methyl sites for hydroxylation is 1. The molecule has 0 atom stereocenters. The Morgan fingerprint density at radius 2 is 2.27 bits per heavy atom. The van der Waals surface area contributed by atoms with Crippen LogP contribution in [0.15, 0.2) is 30.7 Å². The lowest BCUT2D eigenvalue weighted by Crippen LogP contribution is -2.05. The first kappa shape index (κ1) is 11.4. The van der Waals surface area contributed by atoms with Gasteiger partial charge >= 0.3 is 0 Å². The highest BCUT2D eigenvalue weighted by atomic mass is 16.1. The summed E-state index contributed by atoms with van der Waals surface area (Å²) in [6.07, 6.45) is 7.55. The van der Waals surface area contributed by atoms with E-state index in [9.17, 15) is 4.79 Å². The fourth-order valence-corrected chi connectivity index (χ4v) is 1.26. The van der Waals surface area contributed by atoms with E-state index in [2.05, 4.69) is 4.98 Å². The largest absolute Gasteiger partial charge is 0.383 e. The van der Waals surface area contributed by atoms with E-state index in [0.29, 0.717) is 0 Å². The Balaban J connectivity index is 2.91. The van der Waals surface area contributed by atoms with Gasteiger partial charge in [0.2, 0.25) is 0 Å². The Morgan fingerprint density at radius 3 is 2.87 bits per heavy atom. The summed E-state index contributed by atoms with van der Waals surface area (Å²) in [6, 6.07) is 1.77. The Morgan fingerprint density at radius 1 is 1.53 bits per heavy atom. The third-order valence-electron chi connectivity index (χ3n) is 2.07. The van der Waals surface area contributed by atoms with Crippen molar-refractivity contribution in [3.05, 3.63) is 41.9 Å². The van der Waals surface area contributed by atoms with Gasteiger partial charge in [-0.15, -0.1) is 0 Å². The summed E-state index contributed by atoms with van der Waals surface area (Å²) in [5.74, 6) is 0.0305. The van der Waals surface area contributed by atoms with Gasteiger partial charge in [-0.1, -0.05) is 6.92 Å². The van der Waals surface area contributed by atoms with Crippen LogP contribution in [0.1, 0.15) is 22.8 Å². The van der Waals surface area contributed by atoms with Crippen LogP contribution in [0, 0.1) is 0 Å². The number of carbonyl (C=O) groups is 1. The Labute approximate surface area is 90.4 Å². The van der Waals surface area contributed by atoms with Gasteiger partial charge in [0.25, 0.3) is 0 Å². The van der Waals surface area contributed by atoms with E-state index >= 15 is 0 Å². The number of rotatable bonds is 4. The first-order valence-corrected chi connectivity index (χ1v) is 4.97. The van der Waals surface area contributed by atoms with Gasteiger partial charge in [-0.2, -0.15) is 0 Å². The van der Waals surface area contributed by atoms with Crippen molar-refractivity contribution < 1.29 is 4.79 Å². The van der Waals surface area contributed by atoms with Crippen LogP contribution in [-0.2, 0) is 6.42 Å². The molecule has 0 aliphatic rings. The molecule has 1 aromatic heterocycles. The molecule has 3 nitrogen and oxygen atoms in total. The average molecular weight is 204 g/mol. The Hall–Kier alpha value is -1.64. The van der Waals surface area contributed by atoms with Crippen molar-refractivity contribution in [1.29, 1.82) is 0 Å². The van der Waals surface area contributed by atoms with Crippen LogP contribution in [0.5, 0.6) is 0 Å². The van der Waals surface area contributed by atoms with Gasteiger partial charge in [0.05, 0.1) is 0 Å². The highest BCUT2D eigenvalue weighted by molar-refractivity contribution is 6.05. The highest BCUT2D eigenvalue weighted by Gasteiger charge is 2.06. The van der Waals surface area contributed by atoms with Crippen molar-refractivity contribution in [3.8, 4) is 0 Å². The summed E-state index contributed by atoms with van der Waals surface area (Å²) >= 11 is 0. The molecule has 1 aromatic rings. The lowest BCUT2D eigenvalue weighted by Gasteiger charge is -2.05. The molecule has 0 aliphatic carbocycles. The number of hydrogen-bond acceptors (Lipinski definition) is 3. The summed E-state index contributed by atoms with van der Waals surface area (Å²) < 4.78 is 0. The van der Waals surface area contributed by atoms with Gasteiger partial charge in [0, 0.05) is 44.3 Å². The highest BCUT2D eigenvalue weighted by Crippen LogP contribution is 2.09. The first-order chi connectivity index (χ1) is 7.15. The summed E-state index contributed by atoms with van der Waals surface area (Å²) in [5, 5.41) is 0. The van der Waals surface area contributed by atoms with E-state index < -0.39 is 0 Å². The molecule has 15 heavy (non-hydrogen) atoms. The van der Waals surface area contributed by atoms with Gasteiger partial charge in [-0.3, -0.25) is 9.78 Å². The SMILES string of the molecule is CCc1cnccc1C(=O)/C=C/N(C)C. The molecule has 0 saturated carbocycles. The monoisotopic (exact) mass is 204 g/mol. The van der Waals surface area contributed by atoms with Crippen molar-refractivity contribution in [2.45, 2.75) is 13.3 Å². The van der Waals surface area contributed by atoms with Gasteiger partial charge in [0.15, 0.2) is 5.78 Å². The van der Waals surface area contributed by atoms with Crippen LogP contribution in [0.25, 0.3) is 0 Å². The van der Waals surface area contributed by atoms with E-state index in [1.807, 2.05) is 25.9 Å². The molecule has 0 aromatic carbocycles. The van der Waals surface area contributed by atoms with Crippen LogP contribution in [0.3, 0.4) is 0 Å². The second-order valence-electron chi connectivity index (χ2n) is 3.53. The molecule has 3 heteroatoms. The van der Waals surface area contributed by atoms with Gasteiger partial charge in [0.1, 0.15) is 0 Å². The molecule has 0 saturated heterocycles. The topological polar surface area (TPSA) is 33.2 Å². The number of carbonyl (C=O) groups excluding carboxylic acids is 1. The second-order valence-corrected chi connectivity index (χ2v) is 3.53. The maximum absolute atomic E-state index is 11.8. The van der Waals surface area contributed by atoms with E-state index in [1.54, 1.807) is 30.7 Å². The second kappa shape index (κ2) is 5.29. The van der Waals surface area contributed by atoms with E-state index in [-0.39, 0.29) is 5.78 Å². The van der Waals surface area contributed by atoms with Crippen molar-refractivity contribution in [3.63, 3.8) is 0 Å². The third-order valence-corrected chi connectivity index (χ3v) is 2.07. The van der Waals surface area contributed by atoms with E-state index in [1.165, 1.54) is 0 Å². The predicted octanol–water partition coefficient (Wildman–Crippen LogP) is 1.90. The molecule has 0 bridgehead atoms. The zero-order valence-electron chi connectivity index (χ0n) is 9.40. The van der Waals surface area contributed by atoms with Crippen molar-refractivity contribution >= 4 is 5.78 Å². The van der Waals surface area contributed by atoms with Crippen LogP contribution >= 0.6 is 0 Å². The standard InChI is InChI=1S/C12H16N2O/c1-4-10-9-13-7-5-11(10)12(15)6-8-14(2)3/h5-9H,4H2,1-3H3/b8-6+. The number of allylic oxidation sites excluding steroid dienone is 1.